The fraction of sp³-hybridized carbons (Fsp3) is 1.00. The van der Waals surface area contributed by atoms with Crippen molar-refractivity contribution in [3.8, 4) is 0 Å². The maximum atomic E-state index is 5.66. The topological polar surface area (TPSA) is 21.3 Å². The highest BCUT2D eigenvalue weighted by Gasteiger charge is 2.43. The van der Waals surface area contributed by atoms with Crippen molar-refractivity contribution in [3.05, 3.63) is 0 Å². The SMILES string of the molecule is COC1(CNC(C2CC2)C2CC2)CCC1. The van der Waals surface area contributed by atoms with Gasteiger partial charge in [0.2, 0.25) is 0 Å². The second-order valence-electron chi connectivity index (χ2n) is 5.82. The van der Waals surface area contributed by atoms with Crippen molar-refractivity contribution in [1.29, 1.82) is 0 Å². The summed E-state index contributed by atoms with van der Waals surface area (Å²) in [6.07, 6.45) is 9.74. The molecule has 3 fully saturated rings. The number of rotatable bonds is 6. The normalized spacial score (nSPS) is 29.2. The number of hydrogen-bond donors (Lipinski definition) is 1. The zero-order chi connectivity index (χ0) is 10.3. The molecule has 86 valence electrons. The fourth-order valence-electron chi connectivity index (χ4n) is 2.96. The van der Waals surface area contributed by atoms with Crippen molar-refractivity contribution in [2.45, 2.75) is 56.6 Å². The van der Waals surface area contributed by atoms with Gasteiger partial charge in [-0.05, 0) is 56.8 Å². The highest BCUT2D eigenvalue weighted by molar-refractivity contribution is 4.99. The summed E-state index contributed by atoms with van der Waals surface area (Å²) in [6.45, 7) is 1.10. The van der Waals surface area contributed by atoms with Crippen LogP contribution in [-0.2, 0) is 4.74 Å². The first-order valence-electron chi connectivity index (χ1n) is 6.61. The standard InChI is InChI=1S/C13H23NO/c1-15-13(7-2-8-13)9-14-12(10-3-4-10)11-5-6-11/h10-12,14H,2-9H2,1H3. The molecule has 3 aliphatic carbocycles. The molecule has 0 aliphatic heterocycles. The second-order valence-corrected chi connectivity index (χ2v) is 5.82. The van der Waals surface area contributed by atoms with E-state index in [2.05, 4.69) is 5.32 Å². The summed E-state index contributed by atoms with van der Waals surface area (Å²) >= 11 is 0. The molecule has 0 bridgehead atoms. The van der Waals surface area contributed by atoms with Crippen LogP contribution in [-0.4, -0.2) is 25.3 Å². The molecule has 3 rings (SSSR count). The van der Waals surface area contributed by atoms with E-state index >= 15 is 0 Å². The molecule has 1 N–H and O–H groups in total. The highest BCUT2D eigenvalue weighted by Crippen LogP contribution is 2.45. The van der Waals surface area contributed by atoms with E-state index < -0.39 is 0 Å². The van der Waals surface area contributed by atoms with E-state index in [1.165, 1.54) is 44.9 Å². The molecule has 0 amide bonds. The minimum atomic E-state index is 0.210. The monoisotopic (exact) mass is 209 g/mol. The summed E-state index contributed by atoms with van der Waals surface area (Å²) in [5.41, 5.74) is 0.210. The van der Waals surface area contributed by atoms with E-state index in [1.54, 1.807) is 0 Å². The average molecular weight is 209 g/mol. The van der Waals surface area contributed by atoms with Gasteiger partial charge in [0.15, 0.2) is 0 Å². The summed E-state index contributed by atoms with van der Waals surface area (Å²) in [5.74, 6) is 2.01. The van der Waals surface area contributed by atoms with Gasteiger partial charge in [-0.15, -0.1) is 0 Å². The molecule has 0 atom stereocenters. The summed E-state index contributed by atoms with van der Waals surface area (Å²) in [4.78, 5) is 0. The lowest BCUT2D eigenvalue weighted by molar-refractivity contribution is -0.0715. The van der Waals surface area contributed by atoms with Crippen LogP contribution in [0.2, 0.25) is 0 Å². The van der Waals surface area contributed by atoms with Gasteiger partial charge in [0, 0.05) is 19.7 Å². The molecular formula is C13H23NO. The van der Waals surface area contributed by atoms with Crippen LogP contribution in [0.3, 0.4) is 0 Å². The first-order valence-corrected chi connectivity index (χ1v) is 6.61. The van der Waals surface area contributed by atoms with Gasteiger partial charge < -0.3 is 10.1 Å². The molecule has 0 heterocycles. The van der Waals surface area contributed by atoms with Gasteiger partial charge in [-0.2, -0.15) is 0 Å². The van der Waals surface area contributed by atoms with Crippen LogP contribution in [0.15, 0.2) is 0 Å². The predicted molar refractivity (Wildman–Crippen MR) is 60.8 cm³/mol. The molecule has 0 radical (unpaired) electrons. The van der Waals surface area contributed by atoms with Gasteiger partial charge in [0.1, 0.15) is 0 Å². The van der Waals surface area contributed by atoms with E-state index in [4.69, 9.17) is 4.74 Å². The van der Waals surface area contributed by atoms with Gasteiger partial charge in [-0.3, -0.25) is 0 Å². The zero-order valence-corrected chi connectivity index (χ0v) is 9.80. The molecule has 3 saturated carbocycles. The van der Waals surface area contributed by atoms with Crippen molar-refractivity contribution in [2.75, 3.05) is 13.7 Å². The number of hydrogen-bond acceptors (Lipinski definition) is 2. The molecule has 0 aromatic carbocycles. The Morgan fingerprint density at radius 3 is 2.13 bits per heavy atom. The zero-order valence-electron chi connectivity index (χ0n) is 9.80. The molecule has 0 aromatic rings. The third-order valence-corrected chi connectivity index (χ3v) is 4.62. The molecule has 0 aromatic heterocycles. The van der Waals surface area contributed by atoms with E-state index in [0.717, 1.165) is 24.4 Å². The fourth-order valence-corrected chi connectivity index (χ4v) is 2.96. The molecule has 0 unspecified atom stereocenters. The lowest BCUT2D eigenvalue weighted by Crippen LogP contribution is -2.51. The molecule has 15 heavy (non-hydrogen) atoms. The maximum absolute atomic E-state index is 5.66. The molecule has 3 aliphatic rings. The summed E-state index contributed by atoms with van der Waals surface area (Å²) in [5, 5.41) is 3.81. The predicted octanol–water partition coefficient (Wildman–Crippen LogP) is 2.33. The van der Waals surface area contributed by atoms with E-state index in [9.17, 15) is 0 Å². The molecular weight excluding hydrogens is 186 g/mol. The third kappa shape index (κ3) is 2.07. The Labute approximate surface area is 92.8 Å². The number of nitrogens with one attached hydrogen (secondary N) is 1. The molecule has 0 saturated heterocycles. The van der Waals surface area contributed by atoms with Crippen LogP contribution in [0.5, 0.6) is 0 Å². The molecule has 2 nitrogen and oxygen atoms in total. The number of ether oxygens (including phenoxy) is 1. The van der Waals surface area contributed by atoms with Crippen LogP contribution in [0.4, 0.5) is 0 Å². The third-order valence-electron chi connectivity index (χ3n) is 4.62. The Morgan fingerprint density at radius 2 is 1.80 bits per heavy atom. The van der Waals surface area contributed by atoms with Crippen LogP contribution >= 0.6 is 0 Å². The van der Waals surface area contributed by atoms with Crippen LogP contribution < -0.4 is 5.32 Å². The van der Waals surface area contributed by atoms with Crippen LogP contribution in [0, 0.1) is 11.8 Å². The quantitative estimate of drug-likeness (QED) is 0.725. The van der Waals surface area contributed by atoms with E-state index in [0.29, 0.717) is 0 Å². The minimum absolute atomic E-state index is 0.210. The van der Waals surface area contributed by atoms with Crippen LogP contribution in [0.25, 0.3) is 0 Å². The Bertz CT molecular complexity index is 211. The van der Waals surface area contributed by atoms with Gasteiger partial charge >= 0.3 is 0 Å². The molecule has 2 heteroatoms. The smallest absolute Gasteiger partial charge is 0.0802 e. The average Bonchev–Trinajstić information content (AvgIpc) is 2.99. The van der Waals surface area contributed by atoms with Gasteiger partial charge in [0.25, 0.3) is 0 Å². The van der Waals surface area contributed by atoms with Crippen LogP contribution in [0.1, 0.15) is 44.9 Å². The van der Waals surface area contributed by atoms with Crippen molar-refractivity contribution >= 4 is 0 Å². The summed E-state index contributed by atoms with van der Waals surface area (Å²) < 4.78 is 5.66. The largest absolute Gasteiger partial charge is 0.377 e. The molecule has 0 spiro atoms. The number of methoxy groups -OCH3 is 1. The van der Waals surface area contributed by atoms with Gasteiger partial charge in [-0.1, -0.05) is 0 Å². The van der Waals surface area contributed by atoms with E-state index in [-0.39, 0.29) is 5.60 Å². The lowest BCUT2D eigenvalue weighted by atomic mass is 9.79. The summed E-state index contributed by atoms with van der Waals surface area (Å²) in [7, 11) is 1.88. The maximum Gasteiger partial charge on any atom is 0.0802 e. The van der Waals surface area contributed by atoms with Gasteiger partial charge in [0.05, 0.1) is 5.60 Å². The Morgan fingerprint density at radius 1 is 1.20 bits per heavy atom. The van der Waals surface area contributed by atoms with Crippen molar-refractivity contribution in [1.82, 2.24) is 5.32 Å². The Hall–Kier alpha value is -0.0800. The van der Waals surface area contributed by atoms with E-state index in [1.807, 2.05) is 7.11 Å². The Kier molecular flexibility index (Phi) is 2.52. The summed E-state index contributed by atoms with van der Waals surface area (Å²) in [6, 6.07) is 0.831. The minimum Gasteiger partial charge on any atom is -0.377 e. The van der Waals surface area contributed by atoms with Crippen molar-refractivity contribution in [2.24, 2.45) is 11.8 Å². The van der Waals surface area contributed by atoms with Crippen molar-refractivity contribution < 1.29 is 4.74 Å². The first-order chi connectivity index (χ1) is 7.33. The highest BCUT2D eigenvalue weighted by atomic mass is 16.5. The lowest BCUT2D eigenvalue weighted by Gasteiger charge is -2.41. The van der Waals surface area contributed by atoms with Gasteiger partial charge in [-0.25, -0.2) is 0 Å². The first kappa shape index (κ1) is 10.1. The second kappa shape index (κ2) is 3.74. The Balaban J connectivity index is 1.50. The van der Waals surface area contributed by atoms with Crippen molar-refractivity contribution in [3.63, 3.8) is 0 Å².